The average molecular weight is 325 g/mol. The summed E-state index contributed by atoms with van der Waals surface area (Å²) in [5, 5.41) is 6.97. The third kappa shape index (κ3) is 3.98. The highest BCUT2D eigenvalue weighted by molar-refractivity contribution is 5.89. The van der Waals surface area contributed by atoms with Gasteiger partial charge in [-0.1, -0.05) is 30.3 Å². The van der Waals surface area contributed by atoms with E-state index < -0.39 is 5.82 Å². The minimum absolute atomic E-state index is 0.0894. The van der Waals surface area contributed by atoms with E-state index in [4.69, 9.17) is 4.74 Å². The number of nitrogens with one attached hydrogen (secondary N) is 1. The fourth-order valence-electron chi connectivity index (χ4n) is 2.14. The van der Waals surface area contributed by atoms with E-state index in [9.17, 15) is 9.18 Å². The molecular weight excluding hydrogens is 309 g/mol. The molecule has 0 bridgehead atoms. The molecule has 0 radical (unpaired) electrons. The molecule has 1 amide bonds. The van der Waals surface area contributed by atoms with E-state index in [1.165, 1.54) is 12.1 Å². The lowest BCUT2D eigenvalue weighted by molar-refractivity contribution is -0.116. The Labute approximate surface area is 138 Å². The lowest BCUT2D eigenvalue weighted by Crippen LogP contribution is -2.16. The number of benzene rings is 2. The molecule has 0 atom stereocenters. The number of rotatable bonds is 6. The minimum Gasteiger partial charge on any atom is -0.490 e. The Bertz CT molecular complexity index is 818. The molecule has 0 aliphatic heterocycles. The fourth-order valence-corrected chi connectivity index (χ4v) is 2.14. The summed E-state index contributed by atoms with van der Waals surface area (Å²) >= 11 is 0. The molecule has 0 unspecified atom stereocenters. The summed E-state index contributed by atoms with van der Waals surface area (Å²) in [4.78, 5) is 11.9. The van der Waals surface area contributed by atoms with Crippen molar-refractivity contribution in [3.63, 3.8) is 0 Å². The molecule has 0 aliphatic rings. The summed E-state index contributed by atoms with van der Waals surface area (Å²) in [5.41, 5.74) is 0.904. The van der Waals surface area contributed by atoms with Crippen molar-refractivity contribution < 1.29 is 13.9 Å². The molecule has 3 aromatic rings. The maximum absolute atomic E-state index is 13.4. The van der Waals surface area contributed by atoms with Crippen LogP contribution < -0.4 is 10.1 Å². The van der Waals surface area contributed by atoms with E-state index in [0.717, 1.165) is 5.69 Å². The van der Waals surface area contributed by atoms with Crippen molar-refractivity contribution in [2.24, 2.45) is 0 Å². The SMILES string of the molecule is O=C(CCOc1ccccc1F)Nc1ccn(-c2ccccc2)n1. The van der Waals surface area contributed by atoms with E-state index in [1.807, 2.05) is 30.3 Å². The van der Waals surface area contributed by atoms with Gasteiger partial charge >= 0.3 is 0 Å². The van der Waals surface area contributed by atoms with Crippen LogP contribution in [0.4, 0.5) is 10.2 Å². The van der Waals surface area contributed by atoms with Gasteiger partial charge in [0.25, 0.3) is 0 Å². The van der Waals surface area contributed by atoms with Crippen molar-refractivity contribution in [1.82, 2.24) is 9.78 Å². The molecule has 1 N–H and O–H groups in total. The first-order chi connectivity index (χ1) is 11.7. The van der Waals surface area contributed by atoms with Crippen molar-refractivity contribution in [2.45, 2.75) is 6.42 Å². The third-order valence-electron chi connectivity index (χ3n) is 3.30. The van der Waals surface area contributed by atoms with E-state index in [0.29, 0.717) is 5.82 Å². The topological polar surface area (TPSA) is 56.1 Å². The standard InChI is InChI=1S/C18H16FN3O2/c19-15-8-4-5-9-16(15)24-13-11-18(23)20-17-10-12-22(21-17)14-6-2-1-3-7-14/h1-10,12H,11,13H2,(H,20,21,23). The van der Waals surface area contributed by atoms with Crippen LogP contribution in [0.25, 0.3) is 5.69 Å². The molecule has 0 aliphatic carbocycles. The molecule has 6 heteroatoms. The van der Waals surface area contributed by atoms with Crippen LogP contribution in [0.5, 0.6) is 5.75 Å². The van der Waals surface area contributed by atoms with E-state index >= 15 is 0 Å². The smallest absolute Gasteiger partial charge is 0.229 e. The minimum atomic E-state index is -0.445. The fraction of sp³-hybridized carbons (Fsp3) is 0.111. The summed E-state index contributed by atoms with van der Waals surface area (Å²) in [6.07, 6.45) is 1.87. The number of carbonyl (C=O) groups excluding carboxylic acids is 1. The molecule has 1 heterocycles. The summed E-state index contributed by atoms with van der Waals surface area (Å²) in [7, 11) is 0. The predicted octanol–water partition coefficient (Wildman–Crippen LogP) is 3.42. The number of amides is 1. The Kier molecular flexibility index (Phi) is 4.86. The van der Waals surface area contributed by atoms with Crippen LogP contribution in [0, 0.1) is 5.82 Å². The molecule has 24 heavy (non-hydrogen) atoms. The number of aromatic nitrogens is 2. The second-order valence-electron chi connectivity index (χ2n) is 5.06. The number of anilines is 1. The van der Waals surface area contributed by atoms with Crippen LogP contribution in [-0.2, 0) is 4.79 Å². The van der Waals surface area contributed by atoms with Crippen LogP contribution in [0.15, 0.2) is 66.9 Å². The third-order valence-corrected chi connectivity index (χ3v) is 3.30. The number of hydrogen-bond donors (Lipinski definition) is 1. The Balaban J connectivity index is 1.51. The van der Waals surface area contributed by atoms with Gasteiger partial charge in [0.15, 0.2) is 17.4 Å². The molecule has 0 saturated heterocycles. The normalized spacial score (nSPS) is 10.4. The van der Waals surface area contributed by atoms with Gasteiger partial charge in [-0.2, -0.15) is 5.10 Å². The van der Waals surface area contributed by atoms with E-state index in [2.05, 4.69) is 10.4 Å². The number of carbonyl (C=O) groups is 1. The first-order valence-electron chi connectivity index (χ1n) is 7.50. The number of halogens is 1. The highest BCUT2D eigenvalue weighted by Gasteiger charge is 2.07. The molecule has 0 spiro atoms. The summed E-state index contributed by atoms with van der Waals surface area (Å²) in [5.74, 6) is -0.0995. The van der Waals surface area contributed by atoms with Crippen molar-refractivity contribution in [3.8, 4) is 11.4 Å². The summed E-state index contributed by atoms with van der Waals surface area (Å²) in [6.45, 7) is 0.0894. The van der Waals surface area contributed by atoms with Crippen LogP contribution in [-0.4, -0.2) is 22.3 Å². The molecular formula is C18H16FN3O2. The Morgan fingerprint density at radius 3 is 2.62 bits per heavy atom. The largest absolute Gasteiger partial charge is 0.490 e. The van der Waals surface area contributed by atoms with Crippen LogP contribution in [0.1, 0.15) is 6.42 Å². The zero-order valence-electron chi connectivity index (χ0n) is 12.9. The summed E-state index contributed by atoms with van der Waals surface area (Å²) < 4.78 is 20.3. The van der Waals surface area contributed by atoms with Crippen LogP contribution in [0.3, 0.4) is 0 Å². The van der Waals surface area contributed by atoms with Gasteiger partial charge < -0.3 is 10.1 Å². The zero-order valence-corrected chi connectivity index (χ0v) is 12.9. The zero-order chi connectivity index (χ0) is 16.8. The van der Waals surface area contributed by atoms with Gasteiger partial charge in [-0.25, -0.2) is 9.07 Å². The lowest BCUT2D eigenvalue weighted by atomic mass is 10.3. The van der Waals surface area contributed by atoms with Gasteiger partial charge in [-0.3, -0.25) is 4.79 Å². The summed E-state index contributed by atoms with van der Waals surface area (Å²) in [6, 6.07) is 17.4. The monoisotopic (exact) mass is 325 g/mol. The molecule has 2 aromatic carbocycles. The van der Waals surface area contributed by atoms with Gasteiger partial charge in [0.2, 0.25) is 5.91 Å². The number of hydrogen-bond acceptors (Lipinski definition) is 3. The average Bonchev–Trinajstić information content (AvgIpc) is 3.06. The number of para-hydroxylation sites is 2. The Hall–Kier alpha value is -3.15. The van der Waals surface area contributed by atoms with Crippen molar-refractivity contribution in [1.29, 1.82) is 0 Å². The van der Waals surface area contributed by atoms with E-state index in [-0.39, 0.29) is 24.7 Å². The highest BCUT2D eigenvalue weighted by Crippen LogP contribution is 2.15. The lowest BCUT2D eigenvalue weighted by Gasteiger charge is -2.06. The van der Waals surface area contributed by atoms with Crippen LogP contribution >= 0.6 is 0 Å². The molecule has 0 fully saturated rings. The van der Waals surface area contributed by atoms with Crippen LogP contribution in [0.2, 0.25) is 0 Å². The maximum atomic E-state index is 13.4. The Morgan fingerprint density at radius 2 is 1.83 bits per heavy atom. The molecule has 122 valence electrons. The second-order valence-corrected chi connectivity index (χ2v) is 5.06. The predicted molar refractivity (Wildman–Crippen MR) is 88.7 cm³/mol. The van der Waals surface area contributed by atoms with Gasteiger partial charge in [-0.15, -0.1) is 0 Å². The van der Waals surface area contributed by atoms with Gasteiger partial charge in [0.05, 0.1) is 18.7 Å². The first kappa shape index (κ1) is 15.7. The van der Waals surface area contributed by atoms with Crippen molar-refractivity contribution in [3.05, 3.63) is 72.7 Å². The quantitative estimate of drug-likeness (QED) is 0.755. The first-order valence-corrected chi connectivity index (χ1v) is 7.50. The highest BCUT2D eigenvalue weighted by atomic mass is 19.1. The number of nitrogens with zero attached hydrogens (tertiary/aromatic N) is 2. The second kappa shape index (κ2) is 7.41. The van der Waals surface area contributed by atoms with Gasteiger partial charge in [0.1, 0.15) is 0 Å². The maximum Gasteiger partial charge on any atom is 0.229 e. The Morgan fingerprint density at radius 1 is 1.08 bits per heavy atom. The van der Waals surface area contributed by atoms with Crippen molar-refractivity contribution >= 4 is 11.7 Å². The van der Waals surface area contributed by atoms with E-state index in [1.54, 1.807) is 29.1 Å². The number of ether oxygens (including phenoxy) is 1. The molecule has 5 nitrogen and oxygen atoms in total. The molecule has 1 aromatic heterocycles. The van der Waals surface area contributed by atoms with Gasteiger partial charge in [-0.05, 0) is 24.3 Å². The molecule has 3 rings (SSSR count). The van der Waals surface area contributed by atoms with Gasteiger partial charge in [0, 0.05) is 12.3 Å². The molecule has 0 saturated carbocycles. The van der Waals surface area contributed by atoms with Crippen molar-refractivity contribution in [2.75, 3.05) is 11.9 Å².